The maximum absolute atomic E-state index is 13.3. The summed E-state index contributed by atoms with van der Waals surface area (Å²) in [6.07, 6.45) is 6.11. The van der Waals surface area contributed by atoms with Crippen LogP contribution in [0.3, 0.4) is 0 Å². The summed E-state index contributed by atoms with van der Waals surface area (Å²) < 4.78 is 13.1. The monoisotopic (exact) mass is 399 g/mol. The van der Waals surface area contributed by atoms with Crippen LogP contribution in [0.4, 0.5) is 4.39 Å². The molecule has 1 aromatic heterocycles. The largest absolute Gasteiger partial charge is 0.365 e. The lowest BCUT2D eigenvalue weighted by Crippen LogP contribution is -2.40. The molecule has 0 atom stereocenters. The molecule has 1 aromatic rings. The average Bonchev–Trinajstić information content (AvgIpc) is 3.43. The molecule has 1 aliphatic heterocycles. The van der Waals surface area contributed by atoms with Crippen molar-refractivity contribution in [2.45, 2.75) is 64.8 Å². The predicted octanol–water partition coefficient (Wildman–Crippen LogP) is 3.73. The first kappa shape index (κ1) is 21.1. The molecule has 0 unspecified atom stereocenters. The zero-order chi connectivity index (χ0) is 21.2. The van der Waals surface area contributed by atoms with Crippen LogP contribution in [0.1, 0.15) is 65.1 Å². The number of carbonyl (C=O) groups excluding carboxylic acids is 1. The molecule has 0 spiro atoms. The number of hydrogen-bond acceptors (Lipinski definition) is 5. The number of rotatable bonds is 6. The SMILES string of the molecule is C=N/C(NC1(C)CC1)=C(\C)C(C(=O)N1CCC(c2ncc(F)cn2)CC1)=C(C)C. The normalized spacial score (nSPS) is 19.3. The number of nitrogens with one attached hydrogen (secondary N) is 1. The van der Waals surface area contributed by atoms with Gasteiger partial charge in [-0.25, -0.2) is 19.4 Å². The van der Waals surface area contributed by atoms with Crippen LogP contribution >= 0.6 is 0 Å². The predicted molar refractivity (Wildman–Crippen MR) is 112 cm³/mol. The van der Waals surface area contributed by atoms with E-state index in [2.05, 4.69) is 33.9 Å². The lowest BCUT2D eigenvalue weighted by atomic mass is 9.94. The Morgan fingerprint density at radius 3 is 2.31 bits per heavy atom. The zero-order valence-corrected chi connectivity index (χ0v) is 17.8. The molecule has 0 bridgehead atoms. The number of aliphatic imine (C=N–C) groups is 1. The molecular formula is C22H30FN5O. The van der Waals surface area contributed by atoms with E-state index in [-0.39, 0.29) is 17.4 Å². The summed E-state index contributed by atoms with van der Waals surface area (Å²) in [4.78, 5) is 27.6. The Hall–Kier alpha value is -2.57. The van der Waals surface area contributed by atoms with Crippen molar-refractivity contribution in [3.05, 3.63) is 46.6 Å². The van der Waals surface area contributed by atoms with E-state index in [0.29, 0.717) is 30.3 Å². The number of piperidine rings is 1. The van der Waals surface area contributed by atoms with Crippen LogP contribution in [-0.4, -0.2) is 46.1 Å². The molecule has 6 nitrogen and oxygen atoms in total. The Bertz CT molecular complexity index is 842. The number of likely N-dealkylation sites (tertiary alicyclic amines) is 1. The van der Waals surface area contributed by atoms with Gasteiger partial charge in [0.15, 0.2) is 5.82 Å². The van der Waals surface area contributed by atoms with E-state index in [1.807, 2.05) is 25.7 Å². The van der Waals surface area contributed by atoms with Crippen LogP contribution in [0.2, 0.25) is 0 Å². The lowest BCUT2D eigenvalue weighted by molar-refractivity contribution is -0.128. The third kappa shape index (κ3) is 4.89. The molecule has 1 N–H and O–H groups in total. The second-order valence-electron chi connectivity index (χ2n) is 8.52. The molecule has 7 heteroatoms. The van der Waals surface area contributed by atoms with E-state index in [0.717, 1.165) is 36.8 Å². The first-order valence-corrected chi connectivity index (χ1v) is 10.1. The first-order chi connectivity index (χ1) is 13.7. The number of amides is 1. The number of hydrogen-bond donors (Lipinski definition) is 1. The minimum Gasteiger partial charge on any atom is -0.365 e. The van der Waals surface area contributed by atoms with Gasteiger partial charge in [-0.3, -0.25) is 4.79 Å². The van der Waals surface area contributed by atoms with E-state index in [1.165, 1.54) is 12.4 Å². The van der Waals surface area contributed by atoms with E-state index < -0.39 is 5.82 Å². The summed E-state index contributed by atoms with van der Waals surface area (Å²) in [5.41, 5.74) is 2.55. The van der Waals surface area contributed by atoms with Gasteiger partial charge in [0.05, 0.1) is 12.4 Å². The maximum atomic E-state index is 13.3. The molecule has 156 valence electrons. The first-order valence-electron chi connectivity index (χ1n) is 10.1. The molecule has 3 rings (SSSR count). The van der Waals surface area contributed by atoms with Crippen molar-refractivity contribution in [3.63, 3.8) is 0 Å². The molecule has 0 aromatic carbocycles. The highest BCUT2D eigenvalue weighted by molar-refractivity contribution is 5.98. The van der Waals surface area contributed by atoms with E-state index in [4.69, 9.17) is 0 Å². The van der Waals surface area contributed by atoms with Gasteiger partial charge in [0.2, 0.25) is 0 Å². The van der Waals surface area contributed by atoms with Crippen molar-refractivity contribution in [3.8, 4) is 0 Å². The van der Waals surface area contributed by atoms with Crippen molar-refractivity contribution in [1.82, 2.24) is 20.2 Å². The van der Waals surface area contributed by atoms with E-state index in [1.54, 1.807) is 0 Å². The van der Waals surface area contributed by atoms with Crippen molar-refractivity contribution in [2.24, 2.45) is 4.99 Å². The van der Waals surface area contributed by atoms with E-state index >= 15 is 0 Å². The summed E-state index contributed by atoms with van der Waals surface area (Å²) in [5, 5.41) is 3.44. The van der Waals surface area contributed by atoms with Gasteiger partial charge in [-0.1, -0.05) is 5.57 Å². The summed E-state index contributed by atoms with van der Waals surface area (Å²) in [6, 6.07) is 0. The van der Waals surface area contributed by atoms with Crippen LogP contribution in [-0.2, 0) is 4.79 Å². The van der Waals surface area contributed by atoms with Gasteiger partial charge in [-0.15, -0.1) is 0 Å². The van der Waals surface area contributed by atoms with Gasteiger partial charge >= 0.3 is 0 Å². The molecule has 1 saturated carbocycles. The summed E-state index contributed by atoms with van der Waals surface area (Å²) in [6.45, 7) is 12.9. The molecule has 1 aliphatic carbocycles. The fourth-order valence-electron chi connectivity index (χ4n) is 3.75. The third-order valence-electron chi connectivity index (χ3n) is 5.81. The number of aromatic nitrogens is 2. The number of nitrogens with zero attached hydrogens (tertiary/aromatic N) is 4. The molecule has 2 heterocycles. The van der Waals surface area contributed by atoms with Gasteiger partial charge in [0.1, 0.15) is 11.6 Å². The van der Waals surface area contributed by atoms with Crippen LogP contribution < -0.4 is 5.32 Å². The average molecular weight is 400 g/mol. The molecule has 2 fully saturated rings. The number of carbonyl (C=O) groups is 1. The molecule has 0 radical (unpaired) electrons. The second kappa shape index (κ2) is 8.43. The standard InChI is InChI=1S/C22H30FN5O/c1-14(2)18(15(3)19(24-5)27-22(4)8-9-22)21(29)28-10-6-16(7-11-28)20-25-12-17(23)13-26-20/h12-13,16,27H,5-11H2,1-4H3/b19-15-. The molecule has 29 heavy (non-hydrogen) atoms. The Kier molecular flexibility index (Phi) is 6.15. The second-order valence-corrected chi connectivity index (χ2v) is 8.52. The van der Waals surface area contributed by atoms with Gasteiger partial charge < -0.3 is 10.2 Å². The highest BCUT2D eigenvalue weighted by Crippen LogP contribution is 2.36. The minimum atomic E-state index is -0.433. The lowest BCUT2D eigenvalue weighted by Gasteiger charge is -2.32. The van der Waals surface area contributed by atoms with Gasteiger partial charge in [-0.2, -0.15) is 0 Å². The smallest absolute Gasteiger partial charge is 0.254 e. The van der Waals surface area contributed by atoms with Crippen molar-refractivity contribution >= 4 is 12.6 Å². The summed E-state index contributed by atoms with van der Waals surface area (Å²) >= 11 is 0. The summed E-state index contributed by atoms with van der Waals surface area (Å²) in [5.74, 6) is 1.07. The summed E-state index contributed by atoms with van der Waals surface area (Å²) in [7, 11) is 0. The Morgan fingerprint density at radius 2 is 1.83 bits per heavy atom. The molecule has 1 amide bonds. The van der Waals surface area contributed by atoms with Crippen LogP contribution in [0.5, 0.6) is 0 Å². The Labute approximate surface area is 172 Å². The highest BCUT2D eigenvalue weighted by atomic mass is 19.1. The number of allylic oxidation sites excluding steroid dienone is 1. The van der Waals surface area contributed by atoms with Crippen molar-refractivity contribution < 1.29 is 9.18 Å². The van der Waals surface area contributed by atoms with Crippen LogP contribution in [0.15, 0.2) is 39.9 Å². The number of halogens is 1. The zero-order valence-electron chi connectivity index (χ0n) is 17.8. The fraction of sp³-hybridized carbons (Fsp3) is 0.545. The van der Waals surface area contributed by atoms with Gasteiger partial charge in [0.25, 0.3) is 5.91 Å². The topological polar surface area (TPSA) is 70.5 Å². The van der Waals surface area contributed by atoms with Crippen molar-refractivity contribution in [2.75, 3.05) is 13.1 Å². The molecule has 2 aliphatic rings. The molecule has 1 saturated heterocycles. The van der Waals surface area contributed by atoms with Gasteiger partial charge in [0, 0.05) is 35.7 Å². The fourth-order valence-corrected chi connectivity index (χ4v) is 3.75. The van der Waals surface area contributed by atoms with Crippen LogP contribution in [0.25, 0.3) is 0 Å². The van der Waals surface area contributed by atoms with Gasteiger partial charge in [-0.05, 0) is 60.1 Å². The maximum Gasteiger partial charge on any atom is 0.254 e. The quantitative estimate of drug-likeness (QED) is 0.449. The van der Waals surface area contributed by atoms with Crippen LogP contribution in [0, 0.1) is 5.82 Å². The van der Waals surface area contributed by atoms with Crippen molar-refractivity contribution in [1.29, 1.82) is 0 Å². The highest BCUT2D eigenvalue weighted by Gasteiger charge is 2.38. The molecular weight excluding hydrogens is 369 g/mol. The third-order valence-corrected chi connectivity index (χ3v) is 5.81. The Morgan fingerprint density at radius 1 is 1.24 bits per heavy atom. The Balaban J connectivity index is 1.73. The minimum absolute atomic E-state index is 0.0184. The van der Waals surface area contributed by atoms with E-state index in [9.17, 15) is 9.18 Å².